The summed E-state index contributed by atoms with van der Waals surface area (Å²) in [4.78, 5) is 13.0. The van der Waals surface area contributed by atoms with Gasteiger partial charge in [0.05, 0.1) is 24.5 Å². The Kier molecular flexibility index (Phi) is 6.62. The fourth-order valence-electron chi connectivity index (χ4n) is 1.89. The molecule has 0 saturated carbocycles. The van der Waals surface area contributed by atoms with E-state index >= 15 is 0 Å². The minimum Gasteiger partial charge on any atom is -0.495 e. The number of rotatable bonds is 7. The Morgan fingerprint density at radius 1 is 1.22 bits per heavy atom. The number of amides is 1. The molecule has 6 heteroatoms. The molecule has 2 aromatic rings. The molecule has 2 rings (SSSR count). The molecule has 0 aliphatic carbocycles. The number of benzene rings is 2. The number of thioether (sulfide) groups is 1. The third-order valence-corrected chi connectivity index (χ3v) is 4.25. The fraction of sp³-hybridized carbons (Fsp3) is 0.235. The average molecular weight is 352 g/mol. The van der Waals surface area contributed by atoms with E-state index in [9.17, 15) is 4.79 Å². The largest absolute Gasteiger partial charge is 0.495 e. The minimum atomic E-state index is -0.0925. The molecule has 0 aliphatic rings. The molecule has 1 N–H and O–H groups in total. The molecule has 23 heavy (non-hydrogen) atoms. The number of anilines is 1. The molecule has 122 valence electrons. The smallest absolute Gasteiger partial charge is 0.234 e. The second kappa shape index (κ2) is 8.70. The van der Waals surface area contributed by atoms with E-state index in [1.807, 2.05) is 31.2 Å². The maximum atomic E-state index is 12.0. The highest BCUT2D eigenvalue weighted by Gasteiger charge is 2.07. The van der Waals surface area contributed by atoms with Gasteiger partial charge in [-0.1, -0.05) is 11.6 Å². The minimum absolute atomic E-state index is 0.0925. The van der Waals surface area contributed by atoms with Gasteiger partial charge in [0.2, 0.25) is 5.91 Å². The summed E-state index contributed by atoms with van der Waals surface area (Å²) in [6.07, 6.45) is 0. The maximum absolute atomic E-state index is 12.0. The van der Waals surface area contributed by atoms with Crippen molar-refractivity contribution in [3.63, 3.8) is 0 Å². The van der Waals surface area contributed by atoms with E-state index in [1.54, 1.807) is 25.3 Å². The standard InChI is InChI=1S/C17H18ClNO3S/c1-3-22-13-5-7-14(8-6-13)23-11-17(20)19-12-4-9-16(21-2)15(18)10-12/h4-10H,3,11H2,1-2H3,(H,19,20). The van der Waals surface area contributed by atoms with Crippen LogP contribution in [0.25, 0.3) is 0 Å². The lowest BCUT2D eigenvalue weighted by atomic mass is 10.3. The summed E-state index contributed by atoms with van der Waals surface area (Å²) in [6, 6.07) is 12.8. The van der Waals surface area contributed by atoms with Crippen LogP contribution in [-0.4, -0.2) is 25.4 Å². The predicted octanol–water partition coefficient (Wildman–Crippen LogP) is 4.48. The summed E-state index contributed by atoms with van der Waals surface area (Å²) in [5.74, 6) is 1.63. The van der Waals surface area contributed by atoms with E-state index in [4.69, 9.17) is 21.1 Å². The van der Waals surface area contributed by atoms with Crippen molar-refractivity contribution in [1.82, 2.24) is 0 Å². The van der Waals surface area contributed by atoms with Crippen molar-refractivity contribution < 1.29 is 14.3 Å². The molecule has 0 bridgehead atoms. The zero-order valence-corrected chi connectivity index (χ0v) is 14.5. The van der Waals surface area contributed by atoms with Crippen LogP contribution in [0.5, 0.6) is 11.5 Å². The first-order valence-electron chi connectivity index (χ1n) is 7.11. The first-order valence-corrected chi connectivity index (χ1v) is 8.47. The monoisotopic (exact) mass is 351 g/mol. The van der Waals surface area contributed by atoms with Gasteiger partial charge in [-0.3, -0.25) is 4.79 Å². The van der Waals surface area contributed by atoms with Gasteiger partial charge in [-0.25, -0.2) is 0 Å². The quantitative estimate of drug-likeness (QED) is 0.747. The number of carbonyl (C=O) groups is 1. The first-order chi connectivity index (χ1) is 11.1. The van der Waals surface area contributed by atoms with E-state index in [-0.39, 0.29) is 5.91 Å². The number of carbonyl (C=O) groups excluding carboxylic acids is 1. The number of methoxy groups -OCH3 is 1. The average Bonchev–Trinajstić information content (AvgIpc) is 2.55. The van der Waals surface area contributed by atoms with Gasteiger partial charge in [0.25, 0.3) is 0 Å². The Hall–Kier alpha value is -1.85. The molecule has 4 nitrogen and oxygen atoms in total. The van der Waals surface area contributed by atoms with E-state index in [0.29, 0.717) is 28.8 Å². The Morgan fingerprint density at radius 2 is 1.96 bits per heavy atom. The van der Waals surface area contributed by atoms with Crippen LogP contribution >= 0.6 is 23.4 Å². The van der Waals surface area contributed by atoms with Gasteiger partial charge in [0, 0.05) is 10.6 Å². The SMILES string of the molecule is CCOc1ccc(SCC(=O)Nc2ccc(OC)c(Cl)c2)cc1. The van der Waals surface area contributed by atoms with Crippen LogP contribution in [0.4, 0.5) is 5.69 Å². The first kappa shape index (κ1) is 17.5. The van der Waals surface area contributed by atoms with Gasteiger partial charge in [-0.2, -0.15) is 0 Å². The number of ether oxygens (including phenoxy) is 2. The number of nitrogens with one attached hydrogen (secondary N) is 1. The van der Waals surface area contributed by atoms with Crippen molar-refractivity contribution in [3.8, 4) is 11.5 Å². The van der Waals surface area contributed by atoms with Crippen molar-refractivity contribution in [3.05, 3.63) is 47.5 Å². The highest BCUT2D eigenvalue weighted by molar-refractivity contribution is 8.00. The topological polar surface area (TPSA) is 47.6 Å². The van der Waals surface area contributed by atoms with Crippen molar-refractivity contribution in [2.24, 2.45) is 0 Å². The van der Waals surface area contributed by atoms with E-state index < -0.39 is 0 Å². The molecular formula is C17H18ClNO3S. The molecule has 0 aromatic heterocycles. The summed E-state index contributed by atoms with van der Waals surface area (Å²) in [5.41, 5.74) is 0.646. The number of halogens is 1. The lowest BCUT2D eigenvalue weighted by Gasteiger charge is -2.08. The van der Waals surface area contributed by atoms with Crippen LogP contribution in [0.15, 0.2) is 47.4 Å². The molecule has 1 amide bonds. The third-order valence-electron chi connectivity index (χ3n) is 2.94. The number of hydrogen-bond acceptors (Lipinski definition) is 4. The molecule has 0 spiro atoms. The molecule has 0 fully saturated rings. The normalized spacial score (nSPS) is 10.2. The fourth-order valence-corrected chi connectivity index (χ4v) is 2.85. The zero-order valence-electron chi connectivity index (χ0n) is 13.0. The lowest BCUT2D eigenvalue weighted by Crippen LogP contribution is -2.13. The van der Waals surface area contributed by atoms with Crippen molar-refractivity contribution in [2.75, 3.05) is 24.8 Å². The van der Waals surface area contributed by atoms with Gasteiger partial charge < -0.3 is 14.8 Å². The molecule has 2 aromatic carbocycles. The second-order valence-corrected chi connectivity index (χ2v) is 6.05. The summed E-state index contributed by atoms with van der Waals surface area (Å²) >= 11 is 7.49. The molecule has 0 heterocycles. The second-order valence-electron chi connectivity index (χ2n) is 4.59. The molecule has 0 unspecified atom stereocenters. The van der Waals surface area contributed by atoms with Crippen LogP contribution in [0.2, 0.25) is 5.02 Å². The third kappa shape index (κ3) is 5.37. The summed E-state index contributed by atoms with van der Waals surface area (Å²) in [6.45, 7) is 2.58. The molecular weight excluding hydrogens is 334 g/mol. The Bertz CT molecular complexity index is 661. The highest BCUT2D eigenvalue weighted by atomic mass is 35.5. The van der Waals surface area contributed by atoms with Crippen molar-refractivity contribution in [2.45, 2.75) is 11.8 Å². The molecule has 0 aliphatic heterocycles. The Morgan fingerprint density at radius 3 is 2.57 bits per heavy atom. The van der Waals surface area contributed by atoms with E-state index in [2.05, 4.69) is 5.32 Å². The van der Waals surface area contributed by atoms with Crippen LogP contribution < -0.4 is 14.8 Å². The van der Waals surface area contributed by atoms with E-state index in [1.165, 1.54) is 11.8 Å². The molecule has 0 radical (unpaired) electrons. The van der Waals surface area contributed by atoms with Crippen LogP contribution in [-0.2, 0) is 4.79 Å². The zero-order chi connectivity index (χ0) is 16.7. The summed E-state index contributed by atoms with van der Waals surface area (Å²) < 4.78 is 10.5. The maximum Gasteiger partial charge on any atom is 0.234 e. The summed E-state index contributed by atoms with van der Waals surface area (Å²) in [5, 5.41) is 3.27. The Labute approximate surface area is 145 Å². The van der Waals surface area contributed by atoms with Crippen LogP contribution in [0.3, 0.4) is 0 Å². The van der Waals surface area contributed by atoms with Gasteiger partial charge in [0.1, 0.15) is 11.5 Å². The molecule has 0 saturated heterocycles. The van der Waals surface area contributed by atoms with Crippen molar-refractivity contribution >= 4 is 35.0 Å². The van der Waals surface area contributed by atoms with Gasteiger partial charge >= 0.3 is 0 Å². The van der Waals surface area contributed by atoms with Gasteiger partial charge in [0.15, 0.2) is 0 Å². The van der Waals surface area contributed by atoms with Crippen molar-refractivity contribution in [1.29, 1.82) is 0 Å². The van der Waals surface area contributed by atoms with Gasteiger partial charge in [-0.15, -0.1) is 11.8 Å². The van der Waals surface area contributed by atoms with Crippen LogP contribution in [0.1, 0.15) is 6.92 Å². The van der Waals surface area contributed by atoms with Crippen LogP contribution in [0, 0.1) is 0 Å². The number of hydrogen-bond donors (Lipinski definition) is 1. The lowest BCUT2D eigenvalue weighted by molar-refractivity contribution is -0.113. The summed E-state index contributed by atoms with van der Waals surface area (Å²) in [7, 11) is 1.55. The van der Waals surface area contributed by atoms with E-state index in [0.717, 1.165) is 10.6 Å². The Balaban J connectivity index is 1.86. The highest BCUT2D eigenvalue weighted by Crippen LogP contribution is 2.27. The predicted molar refractivity (Wildman–Crippen MR) is 95.0 cm³/mol. The molecule has 0 atom stereocenters. The van der Waals surface area contributed by atoms with Gasteiger partial charge in [-0.05, 0) is 49.4 Å².